The molecule has 0 fully saturated rings. The van der Waals surface area contributed by atoms with Gasteiger partial charge in [-0.05, 0) is 21.0 Å². The summed E-state index contributed by atoms with van der Waals surface area (Å²) >= 11 is 0. The summed E-state index contributed by atoms with van der Waals surface area (Å²) in [5.74, 6) is 0.0928. The molecule has 0 aliphatic carbocycles. The highest BCUT2D eigenvalue weighted by Gasteiger charge is 2.33. The van der Waals surface area contributed by atoms with Gasteiger partial charge >= 0.3 is 6.18 Å². The number of rotatable bonds is 5. The van der Waals surface area contributed by atoms with Gasteiger partial charge in [-0.25, -0.2) is 4.98 Å². The standard InChI is InChI=1S/C11H18F3N5/c1-7(19(3)4)6-16-9-5-8(11(12,13)14)17-10(15-2)18-9/h5,7H,6H2,1-4H3,(H2,15,16,17,18). The van der Waals surface area contributed by atoms with Crippen LogP contribution in [0.25, 0.3) is 0 Å². The van der Waals surface area contributed by atoms with Crippen LogP contribution >= 0.6 is 0 Å². The predicted octanol–water partition coefficient (Wildman–Crippen LogP) is 1.90. The molecule has 0 bridgehead atoms. The lowest BCUT2D eigenvalue weighted by Gasteiger charge is -2.20. The zero-order chi connectivity index (χ0) is 14.6. The maximum Gasteiger partial charge on any atom is 0.433 e. The zero-order valence-electron chi connectivity index (χ0n) is 11.3. The summed E-state index contributed by atoms with van der Waals surface area (Å²) < 4.78 is 38.0. The number of nitrogens with zero attached hydrogens (tertiary/aromatic N) is 3. The average molecular weight is 277 g/mol. The molecule has 1 aromatic heterocycles. The first-order valence-electron chi connectivity index (χ1n) is 5.78. The van der Waals surface area contributed by atoms with Crippen LogP contribution in [0.3, 0.4) is 0 Å². The number of nitrogens with one attached hydrogen (secondary N) is 2. The minimum absolute atomic E-state index is 0.0603. The SMILES string of the molecule is CNc1nc(NCC(C)N(C)C)cc(C(F)(F)F)n1. The number of hydrogen-bond acceptors (Lipinski definition) is 5. The Kier molecular flexibility index (Phi) is 4.93. The van der Waals surface area contributed by atoms with Crippen LogP contribution in [0.2, 0.25) is 0 Å². The quantitative estimate of drug-likeness (QED) is 0.861. The topological polar surface area (TPSA) is 53.1 Å². The molecule has 5 nitrogen and oxygen atoms in total. The Morgan fingerprint density at radius 1 is 1.32 bits per heavy atom. The Labute approximate surface area is 110 Å². The molecular weight excluding hydrogens is 259 g/mol. The van der Waals surface area contributed by atoms with Crippen molar-refractivity contribution in [2.75, 3.05) is 38.3 Å². The summed E-state index contributed by atoms with van der Waals surface area (Å²) in [7, 11) is 5.26. The number of hydrogen-bond donors (Lipinski definition) is 2. The van der Waals surface area contributed by atoms with Gasteiger partial charge < -0.3 is 15.5 Å². The highest BCUT2D eigenvalue weighted by molar-refractivity contribution is 5.43. The van der Waals surface area contributed by atoms with E-state index in [4.69, 9.17) is 0 Å². The van der Waals surface area contributed by atoms with Crippen molar-refractivity contribution in [1.29, 1.82) is 0 Å². The normalized spacial score (nSPS) is 13.5. The van der Waals surface area contributed by atoms with E-state index in [9.17, 15) is 13.2 Å². The molecule has 0 spiro atoms. The lowest BCUT2D eigenvalue weighted by atomic mass is 10.3. The maximum atomic E-state index is 12.7. The second kappa shape index (κ2) is 6.05. The average Bonchev–Trinajstić information content (AvgIpc) is 2.34. The Morgan fingerprint density at radius 3 is 2.42 bits per heavy atom. The molecule has 1 heterocycles. The van der Waals surface area contributed by atoms with Crippen molar-refractivity contribution in [3.8, 4) is 0 Å². The van der Waals surface area contributed by atoms with Crippen LogP contribution in [-0.4, -0.2) is 48.6 Å². The second-order valence-corrected chi connectivity index (χ2v) is 4.40. The molecule has 19 heavy (non-hydrogen) atoms. The first-order chi connectivity index (χ1) is 8.74. The molecule has 0 aliphatic rings. The van der Waals surface area contributed by atoms with Crippen molar-refractivity contribution < 1.29 is 13.2 Å². The summed E-state index contributed by atoms with van der Waals surface area (Å²) in [5.41, 5.74) is -0.966. The monoisotopic (exact) mass is 277 g/mol. The molecule has 0 radical (unpaired) electrons. The van der Waals surface area contributed by atoms with Crippen LogP contribution in [0, 0.1) is 0 Å². The van der Waals surface area contributed by atoms with E-state index in [-0.39, 0.29) is 17.8 Å². The molecular formula is C11H18F3N5. The van der Waals surface area contributed by atoms with Crippen LogP contribution in [0.4, 0.5) is 24.9 Å². The van der Waals surface area contributed by atoms with Gasteiger partial charge in [-0.3, -0.25) is 0 Å². The summed E-state index contributed by atoms with van der Waals surface area (Å²) in [5, 5.41) is 5.40. The third-order valence-corrected chi connectivity index (χ3v) is 2.70. The van der Waals surface area contributed by atoms with Crippen molar-refractivity contribution in [1.82, 2.24) is 14.9 Å². The van der Waals surface area contributed by atoms with Crippen molar-refractivity contribution in [3.63, 3.8) is 0 Å². The largest absolute Gasteiger partial charge is 0.433 e. The van der Waals surface area contributed by atoms with Crippen LogP contribution < -0.4 is 10.6 Å². The molecule has 1 atom stereocenters. The summed E-state index contributed by atoms with van der Waals surface area (Å²) in [6.07, 6.45) is -4.49. The van der Waals surface area contributed by atoms with Gasteiger partial charge in [0.2, 0.25) is 5.95 Å². The minimum atomic E-state index is -4.49. The molecule has 0 saturated heterocycles. The third-order valence-electron chi connectivity index (χ3n) is 2.70. The van der Waals surface area contributed by atoms with Gasteiger partial charge in [-0.15, -0.1) is 0 Å². The van der Waals surface area contributed by atoms with E-state index >= 15 is 0 Å². The van der Waals surface area contributed by atoms with Crippen molar-refractivity contribution in [2.45, 2.75) is 19.1 Å². The number of aromatic nitrogens is 2. The number of halogens is 3. The maximum absolute atomic E-state index is 12.7. The fourth-order valence-electron chi connectivity index (χ4n) is 1.23. The summed E-state index contributed by atoms with van der Waals surface area (Å²) in [6.45, 7) is 2.45. The lowest BCUT2D eigenvalue weighted by Crippen LogP contribution is -2.31. The van der Waals surface area contributed by atoms with E-state index in [2.05, 4.69) is 20.6 Å². The molecule has 2 N–H and O–H groups in total. The van der Waals surface area contributed by atoms with Gasteiger partial charge in [0.05, 0.1) is 0 Å². The Hall–Kier alpha value is -1.57. The summed E-state index contributed by atoms with van der Waals surface area (Å²) in [4.78, 5) is 9.29. The fourth-order valence-corrected chi connectivity index (χ4v) is 1.23. The van der Waals surface area contributed by atoms with Gasteiger partial charge in [0.25, 0.3) is 0 Å². The third kappa shape index (κ3) is 4.55. The Bertz CT molecular complexity index is 419. The van der Waals surface area contributed by atoms with Crippen LogP contribution in [-0.2, 0) is 6.18 Å². The van der Waals surface area contributed by atoms with Gasteiger partial charge in [0.15, 0.2) is 5.69 Å². The van der Waals surface area contributed by atoms with E-state index in [1.807, 2.05) is 25.9 Å². The van der Waals surface area contributed by atoms with E-state index < -0.39 is 11.9 Å². The minimum Gasteiger partial charge on any atom is -0.368 e. The van der Waals surface area contributed by atoms with Gasteiger partial charge in [0.1, 0.15) is 5.82 Å². The molecule has 0 saturated carbocycles. The highest BCUT2D eigenvalue weighted by atomic mass is 19.4. The van der Waals surface area contributed by atoms with Crippen molar-refractivity contribution in [3.05, 3.63) is 11.8 Å². The van der Waals surface area contributed by atoms with Gasteiger partial charge in [-0.1, -0.05) is 0 Å². The number of alkyl halides is 3. The van der Waals surface area contributed by atoms with E-state index in [0.29, 0.717) is 6.54 Å². The predicted molar refractivity (Wildman–Crippen MR) is 68.2 cm³/mol. The number of anilines is 2. The van der Waals surface area contributed by atoms with E-state index in [1.165, 1.54) is 7.05 Å². The van der Waals surface area contributed by atoms with Crippen molar-refractivity contribution >= 4 is 11.8 Å². The molecule has 1 unspecified atom stereocenters. The summed E-state index contributed by atoms with van der Waals surface area (Å²) in [6, 6.07) is 1.07. The first-order valence-corrected chi connectivity index (χ1v) is 5.78. The molecule has 1 aromatic rings. The van der Waals surface area contributed by atoms with Crippen LogP contribution in [0.1, 0.15) is 12.6 Å². The van der Waals surface area contributed by atoms with Crippen molar-refractivity contribution in [2.24, 2.45) is 0 Å². The van der Waals surface area contributed by atoms with E-state index in [0.717, 1.165) is 6.07 Å². The van der Waals surface area contributed by atoms with Gasteiger partial charge in [-0.2, -0.15) is 18.2 Å². The van der Waals surface area contributed by atoms with Crippen LogP contribution in [0.15, 0.2) is 6.07 Å². The Balaban J connectivity index is 2.89. The highest BCUT2D eigenvalue weighted by Crippen LogP contribution is 2.29. The molecule has 0 amide bonds. The second-order valence-electron chi connectivity index (χ2n) is 4.40. The fraction of sp³-hybridized carbons (Fsp3) is 0.636. The molecule has 8 heteroatoms. The zero-order valence-corrected chi connectivity index (χ0v) is 11.3. The van der Waals surface area contributed by atoms with E-state index in [1.54, 1.807) is 0 Å². The first kappa shape index (κ1) is 15.5. The molecule has 0 aromatic carbocycles. The molecule has 1 rings (SSSR count). The molecule has 108 valence electrons. The Morgan fingerprint density at radius 2 is 1.95 bits per heavy atom. The smallest absolute Gasteiger partial charge is 0.368 e. The van der Waals surface area contributed by atoms with Gasteiger partial charge in [0, 0.05) is 25.7 Å². The lowest BCUT2D eigenvalue weighted by molar-refractivity contribution is -0.141. The number of likely N-dealkylation sites (N-methyl/N-ethyl adjacent to an activating group) is 1. The molecule has 0 aliphatic heterocycles. The van der Waals surface area contributed by atoms with Crippen LogP contribution in [0.5, 0.6) is 0 Å².